The number of rotatable bonds is 28. The minimum absolute atomic E-state index is 0.132. The molecule has 0 amide bonds. The molecule has 0 aliphatic carbocycles. The highest BCUT2D eigenvalue weighted by molar-refractivity contribution is 9.09. The second-order valence-electron chi connectivity index (χ2n) is 7.46. The van der Waals surface area contributed by atoms with Gasteiger partial charge in [-0.2, -0.15) is 0 Å². The third-order valence-corrected chi connectivity index (χ3v) is 4.88. The molecule has 0 aromatic heterocycles. The van der Waals surface area contributed by atoms with Crippen molar-refractivity contribution in [3.63, 3.8) is 0 Å². The molecule has 0 aromatic carbocycles. The standard InChI is InChI=1S/C24H47BrO8/c1-2-3-4-5-6-7-8-9-24(26)33-23-22-32-21-20-31-19-18-30-17-16-29-15-14-28-13-12-27-11-10-25/h2-23H2,1H3. The van der Waals surface area contributed by atoms with E-state index in [-0.39, 0.29) is 5.97 Å². The zero-order valence-electron chi connectivity index (χ0n) is 20.7. The minimum Gasteiger partial charge on any atom is -0.463 e. The maximum absolute atomic E-state index is 11.6. The van der Waals surface area contributed by atoms with Crippen LogP contribution in [0.3, 0.4) is 0 Å². The van der Waals surface area contributed by atoms with Crippen LogP contribution < -0.4 is 0 Å². The van der Waals surface area contributed by atoms with E-state index in [1.54, 1.807) is 0 Å². The number of alkyl halides is 1. The highest BCUT2D eigenvalue weighted by Gasteiger charge is 2.02. The summed E-state index contributed by atoms with van der Waals surface area (Å²) in [7, 11) is 0. The molecule has 0 bridgehead atoms. The van der Waals surface area contributed by atoms with Gasteiger partial charge >= 0.3 is 5.97 Å². The zero-order valence-corrected chi connectivity index (χ0v) is 22.3. The molecule has 0 unspecified atom stereocenters. The number of unbranched alkanes of at least 4 members (excludes halogenated alkanes) is 6. The number of hydrogen-bond acceptors (Lipinski definition) is 8. The van der Waals surface area contributed by atoms with Crippen LogP contribution in [0.1, 0.15) is 58.3 Å². The average Bonchev–Trinajstić information content (AvgIpc) is 2.82. The van der Waals surface area contributed by atoms with Gasteiger partial charge in [-0.15, -0.1) is 0 Å². The van der Waals surface area contributed by atoms with Crippen molar-refractivity contribution in [2.75, 3.05) is 91.2 Å². The van der Waals surface area contributed by atoms with Crippen LogP contribution >= 0.6 is 15.9 Å². The van der Waals surface area contributed by atoms with E-state index in [2.05, 4.69) is 22.9 Å². The van der Waals surface area contributed by atoms with Crippen LogP contribution in [-0.2, 0) is 38.0 Å². The summed E-state index contributed by atoms with van der Waals surface area (Å²) in [4.78, 5) is 11.6. The molecule has 0 rings (SSSR count). The van der Waals surface area contributed by atoms with E-state index >= 15 is 0 Å². The average molecular weight is 544 g/mol. The van der Waals surface area contributed by atoms with Crippen molar-refractivity contribution in [3.05, 3.63) is 0 Å². The second-order valence-corrected chi connectivity index (χ2v) is 8.25. The summed E-state index contributed by atoms with van der Waals surface area (Å²) in [5, 5.41) is 0.840. The van der Waals surface area contributed by atoms with Crippen molar-refractivity contribution < 1.29 is 38.0 Å². The van der Waals surface area contributed by atoms with Crippen LogP contribution in [0.25, 0.3) is 0 Å². The summed E-state index contributed by atoms with van der Waals surface area (Å²) < 4.78 is 37.5. The molecule has 0 radical (unpaired) electrons. The fourth-order valence-electron chi connectivity index (χ4n) is 2.77. The van der Waals surface area contributed by atoms with Gasteiger partial charge in [-0.3, -0.25) is 4.79 Å². The van der Waals surface area contributed by atoms with Crippen LogP contribution in [0.15, 0.2) is 0 Å². The Balaban J connectivity index is 3.10. The largest absolute Gasteiger partial charge is 0.463 e. The maximum atomic E-state index is 11.6. The fraction of sp³-hybridized carbons (Fsp3) is 0.958. The molecule has 0 spiro atoms. The van der Waals surface area contributed by atoms with Gasteiger partial charge in [0.25, 0.3) is 0 Å². The van der Waals surface area contributed by atoms with Gasteiger partial charge in [-0.05, 0) is 6.42 Å². The summed E-state index contributed by atoms with van der Waals surface area (Å²) in [6.07, 6.45) is 8.87. The van der Waals surface area contributed by atoms with E-state index in [4.69, 9.17) is 33.2 Å². The first kappa shape index (κ1) is 32.7. The van der Waals surface area contributed by atoms with Crippen molar-refractivity contribution in [3.8, 4) is 0 Å². The molecular weight excluding hydrogens is 496 g/mol. The molecule has 0 aliphatic heterocycles. The van der Waals surface area contributed by atoms with E-state index in [0.29, 0.717) is 92.3 Å². The number of carbonyl (C=O) groups is 1. The molecule has 0 N–H and O–H groups in total. The van der Waals surface area contributed by atoms with Crippen LogP contribution in [0.2, 0.25) is 0 Å². The topological polar surface area (TPSA) is 81.7 Å². The van der Waals surface area contributed by atoms with Gasteiger partial charge < -0.3 is 33.2 Å². The van der Waals surface area contributed by atoms with Crippen LogP contribution in [0, 0.1) is 0 Å². The van der Waals surface area contributed by atoms with Gasteiger partial charge in [-0.25, -0.2) is 0 Å². The van der Waals surface area contributed by atoms with Crippen molar-refractivity contribution in [2.24, 2.45) is 0 Å². The first-order valence-corrected chi connectivity index (χ1v) is 13.6. The molecule has 0 saturated heterocycles. The highest BCUT2D eigenvalue weighted by atomic mass is 79.9. The Morgan fingerprint density at radius 1 is 0.515 bits per heavy atom. The molecule has 198 valence electrons. The second kappa shape index (κ2) is 29.7. The quantitative estimate of drug-likeness (QED) is 0.0827. The SMILES string of the molecule is CCCCCCCCCC(=O)OCCOCCOCCOCCOCCOCCOCCBr. The Morgan fingerprint density at radius 3 is 1.30 bits per heavy atom. The fourth-order valence-corrected chi connectivity index (χ4v) is 3.00. The smallest absolute Gasteiger partial charge is 0.305 e. The van der Waals surface area contributed by atoms with Gasteiger partial charge in [0.15, 0.2) is 0 Å². The third kappa shape index (κ3) is 29.7. The molecule has 0 atom stereocenters. The van der Waals surface area contributed by atoms with Crippen molar-refractivity contribution in [1.82, 2.24) is 0 Å². The summed E-state index contributed by atoms with van der Waals surface area (Å²) >= 11 is 3.29. The van der Waals surface area contributed by atoms with E-state index in [9.17, 15) is 4.79 Å². The lowest BCUT2D eigenvalue weighted by molar-refractivity contribution is -0.145. The third-order valence-electron chi connectivity index (χ3n) is 4.56. The van der Waals surface area contributed by atoms with Crippen LogP contribution in [0.4, 0.5) is 0 Å². The molecule has 0 heterocycles. The monoisotopic (exact) mass is 542 g/mol. The number of carbonyl (C=O) groups excluding carboxylic acids is 1. The predicted octanol–water partition coefficient (Wildman–Crippen LogP) is 4.16. The number of hydrogen-bond donors (Lipinski definition) is 0. The molecule has 8 nitrogen and oxygen atoms in total. The van der Waals surface area contributed by atoms with E-state index < -0.39 is 0 Å². The van der Waals surface area contributed by atoms with Crippen molar-refractivity contribution in [2.45, 2.75) is 58.3 Å². The Kier molecular flexibility index (Phi) is 29.5. The van der Waals surface area contributed by atoms with E-state index in [1.807, 2.05) is 0 Å². The lowest BCUT2D eigenvalue weighted by atomic mass is 10.1. The molecule has 0 saturated carbocycles. The van der Waals surface area contributed by atoms with Crippen molar-refractivity contribution >= 4 is 21.9 Å². The van der Waals surface area contributed by atoms with E-state index in [1.165, 1.54) is 32.1 Å². The normalized spacial score (nSPS) is 11.2. The predicted molar refractivity (Wildman–Crippen MR) is 132 cm³/mol. The van der Waals surface area contributed by atoms with Gasteiger partial charge in [0.1, 0.15) is 6.61 Å². The van der Waals surface area contributed by atoms with Crippen LogP contribution in [-0.4, -0.2) is 97.2 Å². The molecular formula is C24H47BrO8. The highest BCUT2D eigenvalue weighted by Crippen LogP contribution is 2.08. The lowest BCUT2D eigenvalue weighted by Gasteiger charge is -2.08. The lowest BCUT2D eigenvalue weighted by Crippen LogP contribution is -2.15. The summed E-state index contributed by atoms with van der Waals surface area (Å²) in [6.45, 7) is 8.94. The van der Waals surface area contributed by atoms with Crippen LogP contribution in [0.5, 0.6) is 0 Å². The summed E-state index contributed by atoms with van der Waals surface area (Å²) in [6, 6.07) is 0. The Morgan fingerprint density at radius 2 is 0.879 bits per heavy atom. The van der Waals surface area contributed by atoms with Gasteiger partial charge in [0, 0.05) is 11.8 Å². The van der Waals surface area contributed by atoms with Crippen molar-refractivity contribution in [1.29, 1.82) is 0 Å². The first-order chi connectivity index (χ1) is 16.3. The summed E-state index contributed by atoms with van der Waals surface area (Å²) in [5.41, 5.74) is 0. The molecule has 0 aliphatic rings. The first-order valence-electron chi connectivity index (χ1n) is 12.5. The molecule has 0 fully saturated rings. The Labute approximate surface area is 209 Å². The number of halogens is 1. The maximum Gasteiger partial charge on any atom is 0.305 e. The summed E-state index contributed by atoms with van der Waals surface area (Å²) in [5.74, 6) is -0.132. The van der Waals surface area contributed by atoms with E-state index in [0.717, 1.165) is 18.2 Å². The zero-order chi connectivity index (χ0) is 24.1. The number of esters is 1. The number of ether oxygens (including phenoxy) is 7. The molecule has 9 heteroatoms. The van der Waals surface area contributed by atoms with Gasteiger partial charge in [0.2, 0.25) is 0 Å². The van der Waals surface area contributed by atoms with Gasteiger partial charge in [-0.1, -0.05) is 61.4 Å². The van der Waals surface area contributed by atoms with Gasteiger partial charge in [0.05, 0.1) is 79.3 Å². The molecule has 33 heavy (non-hydrogen) atoms. The molecule has 0 aromatic rings. The Bertz CT molecular complexity index is 387. The Hall–Kier alpha value is -0.290. The minimum atomic E-state index is -0.132.